The lowest BCUT2D eigenvalue weighted by Gasteiger charge is -2.16. The number of carbonyl (C=O) groups excluding carboxylic acids is 1. The van der Waals surface area contributed by atoms with Crippen molar-refractivity contribution >= 4 is 17.7 Å². The zero-order valence-corrected chi connectivity index (χ0v) is 9.79. The van der Waals surface area contributed by atoms with Crippen molar-refractivity contribution in [1.29, 1.82) is 0 Å². The molecule has 1 aromatic heterocycles. The first kappa shape index (κ1) is 11.6. The third-order valence-electron chi connectivity index (χ3n) is 2.12. The Morgan fingerprint density at radius 2 is 2.12 bits per heavy atom. The number of carbonyl (C=O) groups is 1. The predicted molar refractivity (Wildman–Crippen MR) is 58.8 cm³/mol. The highest BCUT2D eigenvalue weighted by Gasteiger charge is 2.17. The Morgan fingerprint density at radius 1 is 1.41 bits per heavy atom. The Kier molecular flexibility index (Phi) is 3.38. The van der Waals surface area contributed by atoms with Crippen molar-refractivity contribution in [3.63, 3.8) is 0 Å². The summed E-state index contributed by atoms with van der Waals surface area (Å²) in [7, 11) is 1.65. The second kappa shape index (κ2) is 4.96. The Bertz CT molecular complexity index is 514. The molecule has 6 nitrogen and oxygen atoms in total. The zero-order chi connectivity index (χ0) is 12.3. The van der Waals surface area contributed by atoms with E-state index < -0.39 is 11.2 Å². The molecule has 88 valence electrons. The van der Waals surface area contributed by atoms with Crippen molar-refractivity contribution < 1.29 is 9.90 Å². The molecule has 0 aliphatic heterocycles. The van der Waals surface area contributed by atoms with E-state index in [1.807, 2.05) is 6.07 Å². The molecule has 0 unspecified atom stereocenters. The molecule has 0 radical (unpaired) electrons. The number of aromatic nitrogens is 4. The number of hydrogen-bond acceptors (Lipinski definition) is 6. The van der Waals surface area contributed by atoms with Crippen molar-refractivity contribution in [2.75, 3.05) is 0 Å². The van der Waals surface area contributed by atoms with E-state index in [1.165, 1.54) is 4.68 Å². The summed E-state index contributed by atoms with van der Waals surface area (Å²) in [6.07, 6.45) is 0. The highest BCUT2D eigenvalue weighted by atomic mass is 32.2. The standard InChI is InChI=1S/C10H10N4O2S/c1-14-10(11-12-13-14)17-8(9(15)16)7-5-3-2-4-6-7/h2-6,8H,1H3,(H,15,16)/p-1/t8-/m1/s1. The van der Waals surface area contributed by atoms with Crippen LogP contribution in [0.1, 0.15) is 10.8 Å². The normalized spacial score (nSPS) is 12.3. The SMILES string of the molecule is Cn1nnnc1S[C@@H](C(=O)[O-])c1ccccc1. The first-order valence-corrected chi connectivity index (χ1v) is 5.71. The molecule has 17 heavy (non-hydrogen) atoms. The number of carboxylic acid groups (broad SMARTS) is 1. The average Bonchev–Trinajstić information content (AvgIpc) is 2.72. The van der Waals surface area contributed by atoms with Crippen LogP contribution >= 0.6 is 11.8 Å². The molecule has 0 N–H and O–H groups in total. The Hall–Kier alpha value is -1.89. The maximum absolute atomic E-state index is 11.1. The molecule has 1 heterocycles. The van der Waals surface area contributed by atoms with Gasteiger partial charge in [-0.2, -0.15) is 0 Å². The molecule has 0 bridgehead atoms. The van der Waals surface area contributed by atoms with E-state index in [9.17, 15) is 9.90 Å². The van der Waals surface area contributed by atoms with Crippen molar-refractivity contribution in [3.05, 3.63) is 35.9 Å². The fourth-order valence-electron chi connectivity index (χ4n) is 1.31. The lowest BCUT2D eigenvalue weighted by molar-refractivity contribution is -0.305. The molecule has 0 aliphatic rings. The number of tetrazole rings is 1. The van der Waals surface area contributed by atoms with Crippen LogP contribution in [0.2, 0.25) is 0 Å². The van der Waals surface area contributed by atoms with Gasteiger partial charge in [0.15, 0.2) is 0 Å². The fourth-order valence-corrected chi connectivity index (χ4v) is 2.18. The van der Waals surface area contributed by atoms with Crippen molar-refractivity contribution in [2.45, 2.75) is 10.4 Å². The average molecular weight is 249 g/mol. The Balaban J connectivity index is 2.26. The Morgan fingerprint density at radius 3 is 2.65 bits per heavy atom. The Labute approximate surface area is 102 Å². The van der Waals surface area contributed by atoms with E-state index in [0.717, 1.165) is 11.8 Å². The van der Waals surface area contributed by atoms with E-state index in [4.69, 9.17) is 0 Å². The molecular formula is C10H9N4O2S-. The number of benzene rings is 1. The van der Waals surface area contributed by atoms with E-state index in [1.54, 1.807) is 31.3 Å². The summed E-state index contributed by atoms with van der Waals surface area (Å²) in [5.41, 5.74) is 0.653. The van der Waals surface area contributed by atoms with Gasteiger partial charge >= 0.3 is 0 Å². The summed E-state index contributed by atoms with van der Waals surface area (Å²) in [6.45, 7) is 0. The number of nitrogens with zero attached hydrogens (tertiary/aromatic N) is 4. The van der Waals surface area contributed by atoms with E-state index in [2.05, 4.69) is 15.5 Å². The lowest BCUT2D eigenvalue weighted by Crippen LogP contribution is -2.28. The van der Waals surface area contributed by atoms with Crippen molar-refractivity contribution in [1.82, 2.24) is 20.2 Å². The largest absolute Gasteiger partial charge is 0.549 e. The van der Waals surface area contributed by atoms with Gasteiger partial charge < -0.3 is 9.90 Å². The highest BCUT2D eigenvalue weighted by molar-refractivity contribution is 8.00. The second-order valence-corrected chi connectivity index (χ2v) is 4.38. The summed E-state index contributed by atoms with van der Waals surface area (Å²) in [4.78, 5) is 11.1. The third-order valence-corrected chi connectivity index (χ3v) is 3.38. The van der Waals surface area contributed by atoms with Crippen molar-refractivity contribution in [2.24, 2.45) is 7.05 Å². The number of aryl methyl sites for hydroxylation is 1. The summed E-state index contributed by atoms with van der Waals surface area (Å²) >= 11 is 1.05. The molecule has 0 amide bonds. The number of hydrogen-bond donors (Lipinski definition) is 0. The van der Waals surface area contributed by atoms with Crippen LogP contribution in [0.5, 0.6) is 0 Å². The van der Waals surface area contributed by atoms with Crippen LogP contribution in [0.4, 0.5) is 0 Å². The molecule has 0 aliphatic carbocycles. The van der Waals surface area contributed by atoms with Gasteiger partial charge in [-0.05, 0) is 16.0 Å². The van der Waals surface area contributed by atoms with Gasteiger partial charge in [-0.15, -0.1) is 5.10 Å². The summed E-state index contributed by atoms with van der Waals surface area (Å²) in [5, 5.41) is 21.6. The van der Waals surface area contributed by atoms with E-state index in [-0.39, 0.29) is 0 Å². The van der Waals surface area contributed by atoms with Crippen LogP contribution in [-0.4, -0.2) is 26.2 Å². The molecular weight excluding hydrogens is 240 g/mol. The highest BCUT2D eigenvalue weighted by Crippen LogP contribution is 2.32. The van der Waals surface area contributed by atoms with Crippen LogP contribution in [-0.2, 0) is 11.8 Å². The minimum atomic E-state index is -1.16. The van der Waals surface area contributed by atoms with Gasteiger partial charge in [-0.25, -0.2) is 4.68 Å². The molecule has 7 heteroatoms. The molecule has 2 aromatic rings. The number of thioether (sulfide) groups is 1. The maximum atomic E-state index is 11.1. The summed E-state index contributed by atoms with van der Waals surface area (Å²) in [6, 6.07) is 8.85. The lowest BCUT2D eigenvalue weighted by atomic mass is 10.1. The second-order valence-electron chi connectivity index (χ2n) is 3.31. The fraction of sp³-hybridized carbons (Fsp3) is 0.200. The predicted octanol–water partition coefficient (Wildman–Crippen LogP) is -0.207. The van der Waals surface area contributed by atoms with Gasteiger partial charge in [0.2, 0.25) is 5.16 Å². The summed E-state index contributed by atoms with van der Waals surface area (Å²) in [5.74, 6) is -1.16. The first-order valence-electron chi connectivity index (χ1n) is 4.83. The van der Waals surface area contributed by atoms with Crippen LogP contribution in [0.15, 0.2) is 35.5 Å². The van der Waals surface area contributed by atoms with E-state index >= 15 is 0 Å². The van der Waals surface area contributed by atoms with Gasteiger partial charge in [-0.3, -0.25) is 0 Å². The molecule has 1 aromatic carbocycles. The summed E-state index contributed by atoms with van der Waals surface area (Å²) < 4.78 is 1.42. The number of rotatable bonds is 4. The molecule has 0 saturated carbocycles. The minimum absolute atomic E-state index is 0.433. The van der Waals surface area contributed by atoms with Crippen LogP contribution in [0, 0.1) is 0 Å². The van der Waals surface area contributed by atoms with Gasteiger partial charge in [0.05, 0.1) is 11.2 Å². The van der Waals surface area contributed by atoms with Crippen LogP contribution in [0.25, 0.3) is 0 Å². The molecule has 0 fully saturated rings. The molecule has 0 spiro atoms. The third kappa shape index (κ3) is 2.62. The number of aliphatic carboxylic acids is 1. The quantitative estimate of drug-likeness (QED) is 0.697. The van der Waals surface area contributed by atoms with Gasteiger partial charge in [0, 0.05) is 7.05 Å². The van der Waals surface area contributed by atoms with Crippen LogP contribution < -0.4 is 5.11 Å². The minimum Gasteiger partial charge on any atom is -0.549 e. The smallest absolute Gasteiger partial charge is 0.210 e. The topological polar surface area (TPSA) is 83.7 Å². The first-order chi connectivity index (χ1) is 8.18. The van der Waals surface area contributed by atoms with E-state index in [0.29, 0.717) is 10.7 Å². The zero-order valence-electron chi connectivity index (χ0n) is 8.98. The molecule has 0 saturated heterocycles. The van der Waals surface area contributed by atoms with Crippen molar-refractivity contribution in [3.8, 4) is 0 Å². The van der Waals surface area contributed by atoms with Gasteiger partial charge in [0.1, 0.15) is 0 Å². The maximum Gasteiger partial charge on any atom is 0.210 e. The van der Waals surface area contributed by atoms with Gasteiger partial charge in [0.25, 0.3) is 0 Å². The van der Waals surface area contributed by atoms with Gasteiger partial charge in [-0.1, -0.05) is 42.1 Å². The monoisotopic (exact) mass is 249 g/mol. The molecule has 1 atom stereocenters. The molecule has 2 rings (SSSR count). The van der Waals surface area contributed by atoms with Crippen LogP contribution in [0.3, 0.4) is 0 Å². The number of carboxylic acids is 1.